The number of ether oxygens (including phenoxy) is 1. The second kappa shape index (κ2) is 12.6. The third-order valence-electron chi connectivity index (χ3n) is 8.07. The SMILES string of the molecule is CN(CCN1C[C@H]2C[C@H](OC(=O)Nc3ccccc3-c3ccccc3)C[C@H]2C1)C(=O)c1ccc(CCO)cc1F. The van der Waals surface area contributed by atoms with Crippen molar-refractivity contribution in [3.05, 3.63) is 89.7 Å². The first kappa shape index (κ1) is 27.8. The van der Waals surface area contributed by atoms with Crippen LogP contribution in [0.2, 0.25) is 0 Å². The normalized spacial score (nSPS) is 20.2. The van der Waals surface area contributed by atoms with Gasteiger partial charge in [0.2, 0.25) is 0 Å². The van der Waals surface area contributed by atoms with Crippen LogP contribution in [-0.4, -0.2) is 72.8 Å². The van der Waals surface area contributed by atoms with Gasteiger partial charge in [0.25, 0.3) is 5.91 Å². The highest BCUT2D eigenvalue weighted by Crippen LogP contribution is 2.39. The van der Waals surface area contributed by atoms with Crippen LogP contribution in [0.15, 0.2) is 72.8 Å². The Labute approximate surface area is 234 Å². The number of amides is 2. The minimum absolute atomic E-state index is 0.0483. The average molecular weight is 546 g/mol. The maximum Gasteiger partial charge on any atom is 0.411 e. The van der Waals surface area contributed by atoms with E-state index >= 15 is 0 Å². The first-order valence-corrected chi connectivity index (χ1v) is 13.9. The summed E-state index contributed by atoms with van der Waals surface area (Å²) in [5.74, 6) is -0.00302. The zero-order valence-corrected chi connectivity index (χ0v) is 22.8. The van der Waals surface area contributed by atoms with Gasteiger partial charge < -0.3 is 19.6 Å². The first-order valence-electron chi connectivity index (χ1n) is 13.9. The fourth-order valence-corrected chi connectivity index (χ4v) is 5.99. The van der Waals surface area contributed by atoms with Crippen LogP contribution in [0.4, 0.5) is 14.9 Å². The van der Waals surface area contributed by atoms with E-state index in [0.717, 1.165) is 42.7 Å². The fraction of sp³-hybridized carbons (Fsp3) is 0.375. The van der Waals surface area contributed by atoms with Gasteiger partial charge in [-0.25, -0.2) is 9.18 Å². The number of rotatable bonds is 9. The number of carbonyl (C=O) groups excluding carboxylic acids is 2. The van der Waals surface area contributed by atoms with Gasteiger partial charge in [0.15, 0.2) is 0 Å². The number of aliphatic hydroxyl groups excluding tert-OH is 1. The topological polar surface area (TPSA) is 82.1 Å². The molecule has 5 rings (SSSR count). The summed E-state index contributed by atoms with van der Waals surface area (Å²) in [5.41, 5.74) is 3.42. The van der Waals surface area contributed by atoms with Crippen molar-refractivity contribution in [1.82, 2.24) is 9.80 Å². The average Bonchev–Trinajstić information content (AvgIpc) is 3.50. The lowest BCUT2D eigenvalue weighted by Crippen LogP contribution is -2.36. The number of nitrogens with zero attached hydrogens (tertiary/aromatic N) is 2. The van der Waals surface area contributed by atoms with Crippen LogP contribution in [0, 0.1) is 17.7 Å². The van der Waals surface area contributed by atoms with Gasteiger partial charge in [-0.3, -0.25) is 10.1 Å². The predicted octanol–water partition coefficient (Wildman–Crippen LogP) is 5.06. The van der Waals surface area contributed by atoms with Crippen LogP contribution in [0.25, 0.3) is 11.1 Å². The Kier molecular flexibility index (Phi) is 8.77. The molecule has 8 heteroatoms. The second-order valence-electron chi connectivity index (χ2n) is 10.8. The van der Waals surface area contributed by atoms with Crippen molar-refractivity contribution in [1.29, 1.82) is 0 Å². The summed E-state index contributed by atoms with van der Waals surface area (Å²) < 4.78 is 20.3. The van der Waals surface area contributed by atoms with Crippen molar-refractivity contribution in [3.63, 3.8) is 0 Å². The number of halogens is 1. The zero-order valence-electron chi connectivity index (χ0n) is 22.8. The number of carbonyl (C=O) groups is 2. The molecule has 0 bridgehead atoms. The Morgan fingerprint density at radius 3 is 2.42 bits per heavy atom. The van der Waals surface area contributed by atoms with E-state index in [-0.39, 0.29) is 24.2 Å². The first-order chi connectivity index (χ1) is 19.4. The van der Waals surface area contributed by atoms with Crippen molar-refractivity contribution >= 4 is 17.7 Å². The van der Waals surface area contributed by atoms with E-state index in [2.05, 4.69) is 10.2 Å². The molecule has 0 spiro atoms. The molecular weight excluding hydrogens is 509 g/mol. The van der Waals surface area contributed by atoms with Crippen molar-refractivity contribution in [2.75, 3.05) is 45.2 Å². The molecule has 2 aliphatic rings. The van der Waals surface area contributed by atoms with Gasteiger partial charge in [0.05, 0.1) is 11.3 Å². The monoisotopic (exact) mass is 545 g/mol. The molecule has 2 amide bonds. The Morgan fingerprint density at radius 2 is 1.73 bits per heavy atom. The number of likely N-dealkylation sites (tertiary alicyclic amines) is 1. The van der Waals surface area contributed by atoms with E-state index in [4.69, 9.17) is 9.84 Å². The van der Waals surface area contributed by atoms with E-state index in [9.17, 15) is 14.0 Å². The summed E-state index contributed by atoms with van der Waals surface area (Å²) in [4.78, 5) is 29.4. The number of fused-ring (bicyclic) bond motifs is 1. The maximum absolute atomic E-state index is 14.4. The molecule has 40 heavy (non-hydrogen) atoms. The van der Waals surface area contributed by atoms with E-state index in [1.165, 1.54) is 12.1 Å². The van der Waals surface area contributed by atoms with Gasteiger partial charge in [-0.15, -0.1) is 0 Å². The minimum Gasteiger partial charge on any atom is -0.446 e. The fourth-order valence-electron chi connectivity index (χ4n) is 5.99. The summed E-state index contributed by atoms with van der Waals surface area (Å²) in [6.07, 6.45) is 1.48. The van der Waals surface area contributed by atoms with Crippen LogP contribution >= 0.6 is 0 Å². The predicted molar refractivity (Wildman–Crippen MR) is 153 cm³/mol. The molecule has 1 saturated heterocycles. The highest BCUT2D eigenvalue weighted by atomic mass is 19.1. The molecule has 1 aliphatic heterocycles. The molecule has 210 valence electrons. The highest BCUT2D eigenvalue weighted by Gasteiger charge is 2.42. The quantitative estimate of drug-likeness (QED) is 0.393. The lowest BCUT2D eigenvalue weighted by molar-refractivity contribution is 0.0774. The van der Waals surface area contributed by atoms with Crippen LogP contribution in [0.3, 0.4) is 0 Å². The molecule has 3 aromatic rings. The number of hydrogen-bond acceptors (Lipinski definition) is 5. The van der Waals surface area contributed by atoms with Gasteiger partial charge in [-0.2, -0.15) is 0 Å². The summed E-state index contributed by atoms with van der Waals surface area (Å²) in [7, 11) is 1.69. The third-order valence-corrected chi connectivity index (χ3v) is 8.07. The van der Waals surface area contributed by atoms with Gasteiger partial charge in [0.1, 0.15) is 11.9 Å². The van der Waals surface area contributed by atoms with E-state index in [0.29, 0.717) is 36.9 Å². The Bertz CT molecular complexity index is 1320. The molecule has 1 heterocycles. The van der Waals surface area contributed by atoms with Crippen molar-refractivity contribution in [2.45, 2.75) is 25.4 Å². The van der Waals surface area contributed by atoms with Gasteiger partial charge in [-0.1, -0.05) is 54.6 Å². The van der Waals surface area contributed by atoms with Crippen LogP contribution < -0.4 is 5.32 Å². The number of anilines is 1. The van der Waals surface area contributed by atoms with Crippen molar-refractivity contribution in [3.8, 4) is 11.1 Å². The van der Waals surface area contributed by atoms with Crippen LogP contribution in [-0.2, 0) is 11.2 Å². The Balaban J connectivity index is 1.07. The summed E-state index contributed by atoms with van der Waals surface area (Å²) in [5, 5.41) is 12.0. The summed E-state index contributed by atoms with van der Waals surface area (Å²) in [6.45, 7) is 2.94. The second-order valence-corrected chi connectivity index (χ2v) is 10.8. The molecule has 3 aromatic carbocycles. The van der Waals surface area contributed by atoms with Gasteiger partial charge in [-0.05, 0) is 60.4 Å². The van der Waals surface area contributed by atoms with E-state index in [1.807, 2.05) is 54.6 Å². The molecule has 7 nitrogen and oxygen atoms in total. The molecule has 0 aromatic heterocycles. The van der Waals surface area contributed by atoms with Crippen LogP contribution in [0.5, 0.6) is 0 Å². The third kappa shape index (κ3) is 6.51. The zero-order chi connectivity index (χ0) is 28.1. The molecule has 0 unspecified atom stereocenters. The van der Waals surface area contributed by atoms with Gasteiger partial charge >= 0.3 is 6.09 Å². The molecular formula is C32H36FN3O4. The maximum atomic E-state index is 14.4. The molecule has 1 aliphatic carbocycles. The summed E-state index contributed by atoms with van der Waals surface area (Å²) in [6, 6.07) is 22.1. The Hall–Kier alpha value is -3.75. The van der Waals surface area contributed by atoms with E-state index < -0.39 is 11.9 Å². The largest absolute Gasteiger partial charge is 0.446 e. The van der Waals surface area contributed by atoms with Crippen molar-refractivity contribution < 1.29 is 23.8 Å². The van der Waals surface area contributed by atoms with E-state index in [1.54, 1.807) is 18.0 Å². The van der Waals surface area contributed by atoms with Gasteiger partial charge in [0, 0.05) is 45.4 Å². The standard InChI is InChI=1S/C32H36FN3O4/c1-35(31(38)28-12-11-22(13-16-37)17-29(28)33)14-15-36-20-24-18-26(19-25(24)21-36)40-32(39)34-30-10-6-5-9-27(30)23-7-3-2-4-8-23/h2-12,17,24-26,37H,13-16,18-21H2,1H3,(H,34,39)/t24-,25+,26+. The molecule has 0 radical (unpaired) electrons. The van der Waals surface area contributed by atoms with Crippen molar-refractivity contribution in [2.24, 2.45) is 11.8 Å². The number of nitrogens with one attached hydrogen (secondary N) is 1. The number of benzene rings is 3. The number of aliphatic hydroxyl groups is 1. The summed E-state index contributed by atoms with van der Waals surface area (Å²) >= 11 is 0. The lowest BCUT2D eigenvalue weighted by atomic mass is 10.0. The highest BCUT2D eigenvalue weighted by molar-refractivity contribution is 5.94. The number of para-hydroxylation sites is 1. The lowest BCUT2D eigenvalue weighted by Gasteiger charge is -2.23. The molecule has 2 N–H and O–H groups in total. The molecule has 2 fully saturated rings. The number of likely N-dealkylation sites (N-methyl/N-ethyl adjacent to an activating group) is 1. The van der Waals surface area contributed by atoms with Crippen LogP contribution in [0.1, 0.15) is 28.8 Å². The minimum atomic E-state index is -0.558. The number of hydrogen-bond donors (Lipinski definition) is 2. The smallest absolute Gasteiger partial charge is 0.411 e. The molecule has 3 atom stereocenters. The molecule has 1 saturated carbocycles. The Morgan fingerprint density at radius 1 is 1.02 bits per heavy atom.